The monoisotopic (exact) mass is 426 g/mol. The Bertz CT molecular complexity index is 538. The largest absolute Gasteiger partial charge is 0.319 e. The van der Waals surface area contributed by atoms with Gasteiger partial charge in [-0.1, -0.05) is 16.8 Å². The summed E-state index contributed by atoms with van der Waals surface area (Å²) >= 11 is 11.6. The average Bonchev–Trinajstić information content (AvgIpc) is 2.61. The van der Waals surface area contributed by atoms with Gasteiger partial charge in [0.05, 0.1) is 11.7 Å². The van der Waals surface area contributed by atoms with Crippen molar-refractivity contribution in [3.05, 3.63) is 42.7 Å². The molecule has 1 aromatic carbocycles. The molecule has 90 valence electrons. The lowest BCUT2D eigenvalue weighted by molar-refractivity contribution is 0.650. The number of rotatable bonds is 2. The molecule has 2 aromatic rings. The van der Waals surface area contributed by atoms with E-state index < -0.39 is 0 Å². The third kappa shape index (κ3) is 2.64. The molecule has 0 fully saturated rings. The minimum Gasteiger partial charge on any atom is -0.319 e. The Morgan fingerprint density at radius 2 is 2.24 bits per heavy atom. The summed E-state index contributed by atoms with van der Waals surface area (Å²) in [6.07, 6.45) is 0. The number of nitrogens with zero attached hydrogens (tertiary/aromatic N) is 3. The smallest absolute Gasteiger partial charge is 0.153 e. The first-order valence-corrected chi connectivity index (χ1v) is 7.01. The second-order valence-electron chi connectivity index (χ2n) is 3.53. The summed E-state index contributed by atoms with van der Waals surface area (Å²) in [6, 6.07) is 5.34. The molecule has 1 atom stereocenters. The molecule has 2 rings (SSSR count). The van der Waals surface area contributed by atoms with Crippen molar-refractivity contribution in [3.8, 4) is 0 Å². The zero-order chi connectivity index (χ0) is 12.6. The van der Waals surface area contributed by atoms with E-state index in [1.165, 1.54) is 0 Å². The van der Waals surface area contributed by atoms with Gasteiger partial charge in [0.1, 0.15) is 0 Å². The molecule has 17 heavy (non-hydrogen) atoms. The molecule has 1 aromatic heterocycles. The molecule has 1 heterocycles. The Morgan fingerprint density at radius 1 is 1.53 bits per heavy atom. The number of nitrogens with two attached hydrogens (primary N) is 1. The fraction of sp³-hybridized carbons (Fsp3) is 0.200. The Balaban J connectivity index is 2.50. The summed E-state index contributed by atoms with van der Waals surface area (Å²) in [4.78, 5) is 0. The van der Waals surface area contributed by atoms with Crippen LogP contribution >= 0.6 is 50.1 Å². The first-order valence-electron chi connectivity index (χ1n) is 4.76. The van der Waals surface area contributed by atoms with Crippen LogP contribution in [0.3, 0.4) is 0 Å². The van der Waals surface area contributed by atoms with Gasteiger partial charge in [-0.15, -0.1) is 5.10 Å². The Labute approximate surface area is 126 Å². The second kappa shape index (κ2) is 5.21. The van der Waals surface area contributed by atoms with Gasteiger partial charge in [0.25, 0.3) is 0 Å². The van der Waals surface area contributed by atoms with E-state index in [1.54, 1.807) is 4.68 Å². The topological polar surface area (TPSA) is 56.7 Å². The molecule has 0 radical (unpaired) electrons. The van der Waals surface area contributed by atoms with E-state index >= 15 is 0 Å². The molecule has 2 N–H and O–H groups in total. The fourth-order valence-electron chi connectivity index (χ4n) is 1.57. The molecule has 7 heteroatoms. The molecule has 0 aliphatic rings. The van der Waals surface area contributed by atoms with Crippen LogP contribution in [0.25, 0.3) is 0 Å². The quantitative estimate of drug-likeness (QED) is 0.750. The molecular weight excluding hydrogens is 418 g/mol. The maximum Gasteiger partial charge on any atom is 0.153 e. The van der Waals surface area contributed by atoms with E-state index in [9.17, 15) is 0 Å². The van der Waals surface area contributed by atoms with Crippen molar-refractivity contribution in [2.75, 3.05) is 0 Å². The standard InChI is InChI=1S/C10H9BrClIN4/c1-17-9(10(11)15-16-17)8(14)6-4-5(12)2-3-7(6)13/h2-4,8H,14H2,1H3. The Kier molecular flexibility index (Phi) is 4.06. The average molecular weight is 427 g/mol. The van der Waals surface area contributed by atoms with Gasteiger partial charge in [-0.3, -0.25) is 0 Å². The Morgan fingerprint density at radius 3 is 2.82 bits per heavy atom. The Hall–Kier alpha value is -0.180. The van der Waals surface area contributed by atoms with Crippen LogP contribution in [-0.4, -0.2) is 15.0 Å². The van der Waals surface area contributed by atoms with E-state index in [1.807, 2.05) is 25.2 Å². The van der Waals surface area contributed by atoms with Gasteiger partial charge in [-0.25, -0.2) is 4.68 Å². The molecule has 0 saturated heterocycles. The minimum atomic E-state index is -0.310. The number of hydrogen-bond acceptors (Lipinski definition) is 3. The van der Waals surface area contributed by atoms with Gasteiger partial charge >= 0.3 is 0 Å². The molecule has 4 nitrogen and oxygen atoms in total. The number of aromatic nitrogens is 3. The van der Waals surface area contributed by atoms with Crippen molar-refractivity contribution >= 4 is 50.1 Å². The van der Waals surface area contributed by atoms with Crippen LogP contribution in [0.1, 0.15) is 17.3 Å². The highest BCUT2D eigenvalue weighted by Gasteiger charge is 2.20. The third-order valence-corrected chi connectivity index (χ3v) is 4.20. The molecule has 0 spiro atoms. The summed E-state index contributed by atoms with van der Waals surface area (Å²) in [6.45, 7) is 0. The fourth-order valence-corrected chi connectivity index (χ4v) is 2.99. The third-order valence-electron chi connectivity index (χ3n) is 2.41. The van der Waals surface area contributed by atoms with Crippen LogP contribution < -0.4 is 5.73 Å². The zero-order valence-electron chi connectivity index (χ0n) is 8.86. The van der Waals surface area contributed by atoms with Crippen molar-refractivity contribution < 1.29 is 0 Å². The number of benzene rings is 1. The molecular formula is C10H9BrClIN4. The van der Waals surface area contributed by atoms with Gasteiger partial charge in [0.15, 0.2) is 4.60 Å². The SMILES string of the molecule is Cn1nnc(Br)c1C(N)c1cc(Cl)ccc1I. The lowest BCUT2D eigenvalue weighted by Gasteiger charge is -2.14. The normalized spacial score (nSPS) is 12.8. The van der Waals surface area contributed by atoms with E-state index in [2.05, 4.69) is 48.8 Å². The predicted molar refractivity (Wildman–Crippen MR) is 78.9 cm³/mol. The van der Waals surface area contributed by atoms with Gasteiger partial charge in [0.2, 0.25) is 0 Å². The highest BCUT2D eigenvalue weighted by atomic mass is 127. The van der Waals surface area contributed by atoms with Crippen LogP contribution in [0.5, 0.6) is 0 Å². The van der Waals surface area contributed by atoms with Crippen molar-refractivity contribution in [2.24, 2.45) is 12.8 Å². The van der Waals surface area contributed by atoms with Gasteiger partial charge < -0.3 is 5.73 Å². The molecule has 1 unspecified atom stereocenters. The lowest BCUT2D eigenvalue weighted by atomic mass is 10.1. The summed E-state index contributed by atoms with van der Waals surface area (Å²) in [5, 5.41) is 8.52. The van der Waals surface area contributed by atoms with Crippen LogP contribution in [0, 0.1) is 3.57 Å². The maximum absolute atomic E-state index is 6.24. The van der Waals surface area contributed by atoms with Crippen molar-refractivity contribution in [3.63, 3.8) is 0 Å². The predicted octanol–water partition coefficient (Wildman–Crippen LogP) is 2.88. The second-order valence-corrected chi connectivity index (χ2v) is 5.88. The summed E-state index contributed by atoms with van der Waals surface area (Å²) in [7, 11) is 1.81. The van der Waals surface area contributed by atoms with Crippen LogP contribution in [0.4, 0.5) is 0 Å². The zero-order valence-corrected chi connectivity index (χ0v) is 13.4. The van der Waals surface area contributed by atoms with Crippen LogP contribution in [-0.2, 0) is 7.05 Å². The maximum atomic E-state index is 6.24. The highest BCUT2D eigenvalue weighted by Crippen LogP contribution is 2.29. The van der Waals surface area contributed by atoms with Crippen molar-refractivity contribution in [1.29, 1.82) is 0 Å². The van der Waals surface area contributed by atoms with E-state index in [0.29, 0.717) is 9.63 Å². The van der Waals surface area contributed by atoms with Crippen LogP contribution in [0.2, 0.25) is 5.02 Å². The highest BCUT2D eigenvalue weighted by molar-refractivity contribution is 14.1. The molecule has 0 aliphatic heterocycles. The first kappa shape index (κ1) is 13.3. The molecule has 0 aliphatic carbocycles. The van der Waals surface area contributed by atoms with E-state index in [0.717, 1.165) is 14.8 Å². The molecule has 0 saturated carbocycles. The van der Waals surface area contributed by atoms with E-state index in [4.69, 9.17) is 17.3 Å². The van der Waals surface area contributed by atoms with Crippen molar-refractivity contribution in [2.45, 2.75) is 6.04 Å². The summed E-state index contributed by atoms with van der Waals surface area (Å²) < 4.78 is 3.38. The van der Waals surface area contributed by atoms with Gasteiger partial charge in [-0.05, 0) is 62.3 Å². The van der Waals surface area contributed by atoms with Gasteiger partial charge in [0, 0.05) is 15.6 Å². The van der Waals surface area contributed by atoms with Gasteiger partial charge in [-0.2, -0.15) is 0 Å². The number of halogens is 3. The first-order chi connectivity index (χ1) is 8.00. The number of hydrogen-bond donors (Lipinski definition) is 1. The minimum absolute atomic E-state index is 0.310. The van der Waals surface area contributed by atoms with Crippen LogP contribution in [0.15, 0.2) is 22.8 Å². The van der Waals surface area contributed by atoms with Crippen molar-refractivity contribution in [1.82, 2.24) is 15.0 Å². The summed E-state index contributed by atoms with van der Waals surface area (Å²) in [5.74, 6) is 0. The summed E-state index contributed by atoms with van der Waals surface area (Å²) in [5.41, 5.74) is 8.02. The molecule has 0 bridgehead atoms. The lowest BCUT2D eigenvalue weighted by Crippen LogP contribution is -2.17. The van der Waals surface area contributed by atoms with E-state index in [-0.39, 0.29) is 6.04 Å². The molecule has 0 amide bonds. The number of aryl methyl sites for hydroxylation is 1.